The Morgan fingerprint density at radius 3 is 2.50 bits per heavy atom. The van der Waals surface area contributed by atoms with Gasteiger partial charge in [-0.05, 0) is 19.1 Å². The van der Waals surface area contributed by atoms with Crippen molar-refractivity contribution in [2.75, 3.05) is 0 Å². The zero-order valence-electron chi connectivity index (χ0n) is 7.42. The van der Waals surface area contributed by atoms with Gasteiger partial charge in [0.25, 0.3) is 5.91 Å². The molecule has 1 aromatic rings. The lowest BCUT2D eigenvalue weighted by Gasteiger charge is -2.19. The van der Waals surface area contributed by atoms with Gasteiger partial charge < -0.3 is 10.8 Å². The van der Waals surface area contributed by atoms with Crippen molar-refractivity contribution in [1.82, 2.24) is 0 Å². The van der Waals surface area contributed by atoms with Crippen LogP contribution in [0.2, 0.25) is 0 Å². The highest BCUT2D eigenvalue weighted by molar-refractivity contribution is 5.84. The lowest BCUT2D eigenvalue weighted by molar-refractivity contribution is -0.135. The van der Waals surface area contributed by atoms with E-state index < -0.39 is 23.1 Å². The lowest BCUT2D eigenvalue weighted by atomic mass is 9.95. The minimum Gasteiger partial charge on any atom is -0.375 e. The van der Waals surface area contributed by atoms with Crippen LogP contribution in [-0.2, 0) is 10.4 Å². The fraction of sp³-hybridized carbons (Fsp3) is 0.222. The molecule has 0 saturated carbocycles. The number of benzene rings is 1. The quantitative estimate of drug-likeness (QED) is 0.738. The summed E-state index contributed by atoms with van der Waals surface area (Å²) >= 11 is 0. The second-order valence-electron chi connectivity index (χ2n) is 3.06. The van der Waals surface area contributed by atoms with Crippen LogP contribution in [0.1, 0.15) is 12.5 Å². The number of carbonyl (C=O) groups excluding carboxylic acids is 1. The summed E-state index contributed by atoms with van der Waals surface area (Å²) in [5.74, 6) is -2.89. The summed E-state index contributed by atoms with van der Waals surface area (Å²) in [6.45, 7) is 1.05. The van der Waals surface area contributed by atoms with Gasteiger partial charge in [0.1, 0.15) is 11.6 Å². The van der Waals surface area contributed by atoms with Gasteiger partial charge in [0.05, 0.1) is 0 Å². The maximum atomic E-state index is 13.1. The third-order valence-electron chi connectivity index (χ3n) is 1.94. The van der Waals surface area contributed by atoms with E-state index >= 15 is 0 Å². The molecule has 1 atom stereocenters. The molecule has 14 heavy (non-hydrogen) atoms. The first kappa shape index (κ1) is 10.6. The van der Waals surface area contributed by atoms with E-state index in [1.54, 1.807) is 0 Å². The zero-order chi connectivity index (χ0) is 10.9. The van der Waals surface area contributed by atoms with Crippen molar-refractivity contribution in [2.45, 2.75) is 12.5 Å². The molecule has 1 unspecified atom stereocenters. The Morgan fingerprint density at radius 2 is 2.07 bits per heavy atom. The molecule has 3 nitrogen and oxygen atoms in total. The minimum atomic E-state index is -2.13. The Balaban J connectivity index is 3.26. The van der Waals surface area contributed by atoms with Gasteiger partial charge in [-0.15, -0.1) is 0 Å². The molecular formula is C9H9F2NO2. The second-order valence-corrected chi connectivity index (χ2v) is 3.06. The predicted molar refractivity (Wildman–Crippen MR) is 45.1 cm³/mol. The van der Waals surface area contributed by atoms with Crippen molar-refractivity contribution in [3.05, 3.63) is 35.4 Å². The lowest BCUT2D eigenvalue weighted by Crippen LogP contribution is -2.38. The highest BCUT2D eigenvalue weighted by Gasteiger charge is 2.32. The minimum absolute atomic E-state index is 0.341. The fourth-order valence-electron chi connectivity index (χ4n) is 1.02. The topological polar surface area (TPSA) is 63.3 Å². The molecule has 1 amide bonds. The Hall–Kier alpha value is -1.49. The molecule has 0 heterocycles. The number of hydrogen-bond donors (Lipinski definition) is 2. The molecule has 0 bridgehead atoms. The van der Waals surface area contributed by atoms with Gasteiger partial charge in [-0.3, -0.25) is 4.79 Å². The normalized spacial score (nSPS) is 14.9. The second kappa shape index (κ2) is 3.34. The zero-order valence-corrected chi connectivity index (χ0v) is 7.42. The summed E-state index contributed by atoms with van der Waals surface area (Å²) in [5.41, 5.74) is 2.39. The summed E-state index contributed by atoms with van der Waals surface area (Å²) in [5, 5.41) is 9.50. The van der Waals surface area contributed by atoms with Crippen LogP contribution in [-0.4, -0.2) is 11.0 Å². The summed E-state index contributed by atoms with van der Waals surface area (Å²) in [6, 6.07) is 2.50. The van der Waals surface area contributed by atoms with E-state index in [1.165, 1.54) is 0 Å². The van der Waals surface area contributed by atoms with Crippen LogP contribution in [0.4, 0.5) is 8.78 Å². The molecule has 0 saturated heterocycles. The van der Waals surface area contributed by atoms with Gasteiger partial charge in [-0.2, -0.15) is 0 Å². The Bertz CT molecular complexity index is 377. The van der Waals surface area contributed by atoms with E-state index in [2.05, 4.69) is 0 Å². The van der Waals surface area contributed by atoms with Crippen molar-refractivity contribution < 1.29 is 18.7 Å². The van der Waals surface area contributed by atoms with Gasteiger partial charge in [-0.1, -0.05) is 0 Å². The van der Waals surface area contributed by atoms with Crippen LogP contribution >= 0.6 is 0 Å². The first-order valence-electron chi connectivity index (χ1n) is 3.83. The number of rotatable bonds is 2. The number of carbonyl (C=O) groups is 1. The van der Waals surface area contributed by atoms with Gasteiger partial charge in [0.2, 0.25) is 0 Å². The highest BCUT2D eigenvalue weighted by Crippen LogP contribution is 2.23. The van der Waals surface area contributed by atoms with E-state index in [-0.39, 0.29) is 5.56 Å². The summed E-state index contributed by atoms with van der Waals surface area (Å²) < 4.78 is 25.6. The summed E-state index contributed by atoms with van der Waals surface area (Å²) in [6.07, 6.45) is 0. The van der Waals surface area contributed by atoms with E-state index in [0.29, 0.717) is 6.07 Å². The molecule has 0 spiro atoms. The fourth-order valence-corrected chi connectivity index (χ4v) is 1.02. The number of hydrogen-bond acceptors (Lipinski definition) is 2. The van der Waals surface area contributed by atoms with Crippen molar-refractivity contribution >= 4 is 5.91 Å². The first-order valence-corrected chi connectivity index (χ1v) is 3.83. The van der Waals surface area contributed by atoms with Crippen LogP contribution in [0, 0.1) is 11.6 Å². The smallest absolute Gasteiger partial charge is 0.253 e. The third kappa shape index (κ3) is 1.72. The molecule has 1 aromatic carbocycles. The molecule has 0 aromatic heterocycles. The third-order valence-corrected chi connectivity index (χ3v) is 1.94. The van der Waals surface area contributed by atoms with Crippen molar-refractivity contribution in [1.29, 1.82) is 0 Å². The molecule has 0 radical (unpaired) electrons. The van der Waals surface area contributed by atoms with Crippen molar-refractivity contribution in [2.24, 2.45) is 5.73 Å². The SMILES string of the molecule is CC(O)(C(N)=O)c1ccc(F)cc1F. The van der Waals surface area contributed by atoms with Crippen LogP contribution in [0.15, 0.2) is 18.2 Å². The van der Waals surface area contributed by atoms with Gasteiger partial charge in [-0.25, -0.2) is 8.78 Å². The van der Waals surface area contributed by atoms with Crippen LogP contribution in [0.25, 0.3) is 0 Å². The molecule has 0 aliphatic heterocycles. The van der Waals surface area contributed by atoms with Crippen LogP contribution in [0.3, 0.4) is 0 Å². The number of halogens is 2. The molecule has 3 N–H and O–H groups in total. The van der Waals surface area contributed by atoms with Crippen LogP contribution < -0.4 is 5.73 Å². The van der Waals surface area contributed by atoms with E-state index in [1.807, 2.05) is 0 Å². The van der Waals surface area contributed by atoms with Gasteiger partial charge >= 0.3 is 0 Å². The number of aliphatic hydroxyl groups is 1. The standard InChI is InChI=1S/C9H9F2NO2/c1-9(14,8(12)13)6-3-2-5(10)4-7(6)11/h2-4,14H,1H3,(H2,12,13). The average molecular weight is 201 g/mol. The molecule has 0 fully saturated rings. The summed E-state index contributed by atoms with van der Waals surface area (Å²) in [7, 11) is 0. The molecule has 5 heteroatoms. The number of nitrogens with two attached hydrogens (primary N) is 1. The van der Waals surface area contributed by atoms with Gasteiger partial charge in [0, 0.05) is 11.6 Å². The highest BCUT2D eigenvalue weighted by atomic mass is 19.1. The van der Waals surface area contributed by atoms with Crippen molar-refractivity contribution in [3.63, 3.8) is 0 Å². The van der Waals surface area contributed by atoms with Crippen molar-refractivity contribution in [3.8, 4) is 0 Å². The van der Waals surface area contributed by atoms with Crippen LogP contribution in [0.5, 0.6) is 0 Å². The maximum Gasteiger partial charge on any atom is 0.253 e. The first-order chi connectivity index (χ1) is 6.35. The number of primary amides is 1. The van der Waals surface area contributed by atoms with Gasteiger partial charge in [0.15, 0.2) is 5.60 Å². The largest absolute Gasteiger partial charge is 0.375 e. The molecular weight excluding hydrogens is 192 g/mol. The predicted octanol–water partition coefficient (Wildman–Crippen LogP) is 0.658. The molecule has 76 valence electrons. The molecule has 1 rings (SSSR count). The average Bonchev–Trinajstić information content (AvgIpc) is 2.02. The maximum absolute atomic E-state index is 13.1. The Kier molecular flexibility index (Phi) is 2.53. The Morgan fingerprint density at radius 1 is 1.50 bits per heavy atom. The molecule has 0 aliphatic rings. The Labute approximate surface area is 79.2 Å². The monoisotopic (exact) mass is 201 g/mol. The van der Waals surface area contributed by atoms with E-state index in [9.17, 15) is 18.7 Å². The number of amides is 1. The van der Waals surface area contributed by atoms with E-state index in [0.717, 1.165) is 19.1 Å². The molecule has 0 aliphatic carbocycles. The summed E-state index contributed by atoms with van der Waals surface area (Å²) in [4.78, 5) is 10.8. The van der Waals surface area contributed by atoms with E-state index in [4.69, 9.17) is 5.73 Å².